The Labute approximate surface area is 151 Å². The Morgan fingerprint density at radius 2 is 2.12 bits per heavy atom. The molecule has 0 radical (unpaired) electrons. The molecule has 0 aliphatic carbocycles. The molecule has 0 spiro atoms. The zero-order valence-corrected chi connectivity index (χ0v) is 14.4. The third kappa shape index (κ3) is 4.64. The highest BCUT2D eigenvalue weighted by Crippen LogP contribution is 2.28. The van der Waals surface area contributed by atoms with Crippen LogP contribution in [-0.2, 0) is 20.9 Å². The molecule has 1 heterocycles. The first kappa shape index (κ1) is 19.5. The van der Waals surface area contributed by atoms with Crippen molar-refractivity contribution in [2.45, 2.75) is 24.4 Å². The molecule has 0 bridgehead atoms. The molecule has 2 rings (SSSR count). The lowest BCUT2D eigenvalue weighted by Gasteiger charge is -2.10. The monoisotopic (exact) mass is 380 g/mol. The van der Waals surface area contributed by atoms with Gasteiger partial charge in [0.05, 0.1) is 17.1 Å². The van der Waals surface area contributed by atoms with E-state index in [0.29, 0.717) is 11.0 Å². The van der Waals surface area contributed by atoms with Crippen molar-refractivity contribution in [1.82, 2.24) is 9.55 Å². The molecule has 0 aliphatic heterocycles. The lowest BCUT2D eigenvalue weighted by molar-refractivity contribution is -0.148. The van der Waals surface area contributed by atoms with Crippen molar-refractivity contribution in [3.8, 4) is 6.07 Å². The summed E-state index contributed by atoms with van der Waals surface area (Å²) in [5.74, 6) is -5.54. The van der Waals surface area contributed by atoms with Gasteiger partial charge in [-0.25, -0.2) is 4.98 Å². The first-order valence-corrected chi connectivity index (χ1v) is 8.24. The third-order valence-corrected chi connectivity index (χ3v) is 4.06. The number of imidazole rings is 1. The summed E-state index contributed by atoms with van der Waals surface area (Å²) in [6.45, 7) is 0.222. The number of halogens is 2. The van der Waals surface area contributed by atoms with Crippen LogP contribution in [0.5, 0.6) is 0 Å². The van der Waals surface area contributed by atoms with Crippen LogP contribution in [0.15, 0.2) is 29.4 Å². The van der Waals surface area contributed by atoms with Crippen LogP contribution in [0.2, 0.25) is 0 Å². The second kappa shape index (κ2) is 8.53. The zero-order valence-electron chi connectivity index (χ0n) is 13.6. The lowest BCUT2D eigenvalue weighted by Crippen LogP contribution is -2.26. The fourth-order valence-electron chi connectivity index (χ4n) is 2.20. The summed E-state index contributed by atoms with van der Waals surface area (Å²) in [5.41, 5.74) is 0.775. The van der Waals surface area contributed by atoms with Crippen molar-refractivity contribution >= 4 is 40.3 Å². The average Bonchev–Trinajstić information content (AvgIpc) is 2.90. The van der Waals surface area contributed by atoms with Crippen molar-refractivity contribution in [3.05, 3.63) is 24.3 Å². The van der Waals surface area contributed by atoms with E-state index in [1.807, 2.05) is 0 Å². The number of Topliss-reactive ketones (excluding diaryl/α,β-unsaturated/α-hetero) is 1. The van der Waals surface area contributed by atoms with Gasteiger partial charge in [-0.2, -0.15) is 14.0 Å². The Kier molecular flexibility index (Phi) is 6.41. The highest BCUT2D eigenvalue weighted by Gasteiger charge is 2.23. The van der Waals surface area contributed by atoms with E-state index in [1.54, 1.807) is 30.3 Å². The number of aromatic nitrogens is 2. The summed E-state index contributed by atoms with van der Waals surface area (Å²) in [4.78, 5) is 27.9. The number of nitrogens with zero attached hydrogens (tertiary/aromatic N) is 3. The standard InChI is InChI=1S/C16H14F2N4O3S/c1-9(20)10(6-19)13(23)8-25-14(24)7-22-12-5-3-2-4-11(12)21-16(22)26-15(17)18/h2-5,10,15,20H,7-8H2,1H3. The van der Waals surface area contributed by atoms with E-state index in [9.17, 15) is 18.4 Å². The number of para-hydroxylation sites is 2. The molecular formula is C16H14F2N4O3S. The van der Waals surface area contributed by atoms with E-state index in [-0.39, 0.29) is 22.6 Å². The fraction of sp³-hybridized carbons (Fsp3) is 0.312. The Morgan fingerprint density at radius 3 is 2.73 bits per heavy atom. The van der Waals surface area contributed by atoms with Crippen molar-refractivity contribution in [1.29, 1.82) is 10.7 Å². The topological polar surface area (TPSA) is 109 Å². The summed E-state index contributed by atoms with van der Waals surface area (Å²) in [6.07, 6.45) is 0. The zero-order chi connectivity index (χ0) is 19.3. The number of esters is 1. The van der Waals surface area contributed by atoms with E-state index in [4.69, 9.17) is 15.4 Å². The lowest BCUT2D eigenvalue weighted by atomic mass is 10.0. The minimum Gasteiger partial charge on any atom is -0.456 e. The van der Waals surface area contributed by atoms with Crippen LogP contribution in [0.3, 0.4) is 0 Å². The summed E-state index contributed by atoms with van der Waals surface area (Å²) in [7, 11) is 0. The molecule has 0 amide bonds. The molecule has 1 unspecified atom stereocenters. The molecule has 0 aliphatic rings. The number of fused-ring (bicyclic) bond motifs is 1. The Balaban J connectivity index is 2.12. The number of ketones is 1. The van der Waals surface area contributed by atoms with Gasteiger partial charge in [-0.15, -0.1) is 0 Å². The molecule has 1 N–H and O–H groups in total. The number of benzene rings is 1. The summed E-state index contributed by atoms with van der Waals surface area (Å²) in [6, 6.07) is 8.28. The minimum absolute atomic E-state index is 0.0466. The van der Waals surface area contributed by atoms with Gasteiger partial charge in [0, 0.05) is 5.71 Å². The van der Waals surface area contributed by atoms with Crippen molar-refractivity contribution < 1.29 is 23.1 Å². The number of alkyl halides is 2. The van der Waals surface area contributed by atoms with Gasteiger partial charge in [0.25, 0.3) is 5.76 Å². The number of hydrogen-bond acceptors (Lipinski definition) is 7. The van der Waals surface area contributed by atoms with Gasteiger partial charge >= 0.3 is 5.97 Å². The van der Waals surface area contributed by atoms with Crippen LogP contribution in [0.1, 0.15) is 6.92 Å². The van der Waals surface area contributed by atoms with Crippen molar-refractivity contribution in [2.75, 3.05) is 6.61 Å². The first-order valence-electron chi connectivity index (χ1n) is 7.36. The van der Waals surface area contributed by atoms with E-state index in [1.165, 1.54) is 11.5 Å². The molecule has 136 valence electrons. The fourth-order valence-corrected chi connectivity index (χ4v) is 2.80. The van der Waals surface area contributed by atoms with Gasteiger partial charge in [-0.05, 0) is 30.8 Å². The van der Waals surface area contributed by atoms with Gasteiger partial charge in [-0.3, -0.25) is 9.59 Å². The maximum atomic E-state index is 12.7. The molecule has 0 saturated heterocycles. The van der Waals surface area contributed by atoms with Gasteiger partial charge in [0.15, 0.2) is 17.5 Å². The number of ether oxygens (including phenoxy) is 1. The van der Waals surface area contributed by atoms with E-state index < -0.39 is 36.6 Å². The van der Waals surface area contributed by atoms with E-state index in [0.717, 1.165) is 0 Å². The smallest absolute Gasteiger partial charge is 0.326 e. The number of nitriles is 1. The van der Waals surface area contributed by atoms with Gasteiger partial charge < -0.3 is 14.7 Å². The molecule has 1 atom stereocenters. The predicted octanol–water partition coefficient (Wildman–Crippen LogP) is 2.64. The maximum absolute atomic E-state index is 12.7. The van der Waals surface area contributed by atoms with Crippen LogP contribution in [-0.4, -0.2) is 39.4 Å². The molecule has 0 fully saturated rings. The summed E-state index contributed by atoms with van der Waals surface area (Å²) >= 11 is 0.202. The Hall–Kier alpha value is -2.80. The maximum Gasteiger partial charge on any atom is 0.326 e. The molecule has 0 saturated carbocycles. The minimum atomic E-state index is -2.71. The number of rotatable bonds is 8. The molecule has 10 heteroatoms. The quantitative estimate of drug-likeness (QED) is 0.428. The van der Waals surface area contributed by atoms with Crippen LogP contribution in [0.25, 0.3) is 11.0 Å². The van der Waals surface area contributed by atoms with E-state index in [2.05, 4.69) is 4.98 Å². The molecule has 26 heavy (non-hydrogen) atoms. The van der Waals surface area contributed by atoms with E-state index >= 15 is 0 Å². The van der Waals surface area contributed by atoms with Crippen LogP contribution < -0.4 is 0 Å². The first-order chi connectivity index (χ1) is 12.3. The number of nitrogens with one attached hydrogen (secondary N) is 1. The van der Waals surface area contributed by atoms with Crippen LogP contribution >= 0.6 is 11.8 Å². The number of hydrogen-bond donors (Lipinski definition) is 1. The Bertz CT molecular complexity index is 891. The molecule has 1 aromatic heterocycles. The van der Waals surface area contributed by atoms with Crippen LogP contribution in [0, 0.1) is 22.7 Å². The third-order valence-electron chi connectivity index (χ3n) is 3.36. The van der Waals surface area contributed by atoms with Crippen molar-refractivity contribution in [3.63, 3.8) is 0 Å². The molecule has 7 nitrogen and oxygen atoms in total. The van der Waals surface area contributed by atoms with Gasteiger partial charge in [0.2, 0.25) is 0 Å². The summed E-state index contributed by atoms with van der Waals surface area (Å²) < 4.78 is 31.6. The highest BCUT2D eigenvalue weighted by molar-refractivity contribution is 7.99. The largest absolute Gasteiger partial charge is 0.456 e. The molecule has 1 aromatic carbocycles. The highest BCUT2D eigenvalue weighted by atomic mass is 32.2. The Morgan fingerprint density at radius 1 is 1.42 bits per heavy atom. The second-order valence-electron chi connectivity index (χ2n) is 5.22. The van der Waals surface area contributed by atoms with Crippen LogP contribution in [0.4, 0.5) is 8.78 Å². The van der Waals surface area contributed by atoms with Gasteiger partial charge in [-0.1, -0.05) is 12.1 Å². The SMILES string of the molecule is CC(=N)C(C#N)C(=O)COC(=O)Cn1c(SC(F)F)nc2ccccc21. The molecule has 2 aromatic rings. The normalized spacial score (nSPS) is 12.0. The van der Waals surface area contributed by atoms with Crippen molar-refractivity contribution in [2.24, 2.45) is 5.92 Å². The number of carbonyl (C=O) groups excluding carboxylic acids is 2. The molecular weight excluding hydrogens is 366 g/mol. The second-order valence-corrected chi connectivity index (χ2v) is 6.18. The summed E-state index contributed by atoms with van der Waals surface area (Å²) in [5, 5.41) is 16.1. The predicted molar refractivity (Wildman–Crippen MR) is 90.1 cm³/mol. The van der Waals surface area contributed by atoms with Gasteiger partial charge in [0.1, 0.15) is 12.5 Å². The number of thioether (sulfide) groups is 1. The number of carbonyl (C=O) groups is 2. The average molecular weight is 380 g/mol.